The Bertz CT molecular complexity index is 632. The van der Waals surface area contributed by atoms with Crippen LogP contribution in [0.5, 0.6) is 0 Å². The number of hydrogen-bond acceptors (Lipinski definition) is 2. The molecule has 0 bridgehead atoms. The standard InChI is InChI=1S/C16H17ClF2N2/c1-3-4-21-16(11-5-10(2)8-20-9-11)12-6-15(19)13(17)7-14(12)18/h5-9,16,21H,3-4H2,1-2H3. The Kier molecular flexibility index (Phi) is 5.26. The predicted octanol–water partition coefficient (Wildman–Crippen LogP) is 4.41. The third-order valence-electron chi connectivity index (χ3n) is 3.18. The number of nitrogens with zero attached hydrogens (tertiary/aromatic N) is 1. The van der Waals surface area contributed by atoms with Crippen molar-refractivity contribution in [2.24, 2.45) is 0 Å². The fraction of sp³-hybridized carbons (Fsp3) is 0.312. The van der Waals surface area contributed by atoms with Crippen LogP contribution < -0.4 is 5.32 Å². The maximum Gasteiger partial charge on any atom is 0.142 e. The number of aromatic nitrogens is 1. The zero-order chi connectivity index (χ0) is 15.4. The summed E-state index contributed by atoms with van der Waals surface area (Å²) in [6.45, 7) is 4.60. The molecule has 1 unspecified atom stereocenters. The van der Waals surface area contributed by atoms with E-state index in [-0.39, 0.29) is 10.6 Å². The van der Waals surface area contributed by atoms with Gasteiger partial charge >= 0.3 is 0 Å². The van der Waals surface area contributed by atoms with E-state index >= 15 is 0 Å². The lowest BCUT2D eigenvalue weighted by Gasteiger charge is -2.20. The van der Waals surface area contributed by atoms with Crippen LogP contribution in [0.15, 0.2) is 30.6 Å². The fourth-order valence-corrected chi connectivity index (χ4v) is 2.34. The third-order valence-corrected chi connectivity index (χ3v) is 3.47. The number of aryl methyl sites for hydroxylation is 1. The Labute approximate surface area is 128 Å². The van der Waals surface area contributed by atoms with E-state index in [0.29, 0.717) is 6.54 Å². The Morgan fingerprint density at radius 3 is 2.62 bits per heavy atom. The van der Waals surface area contributed by atoms with Crippen LogP contribution in [-0.2, 0) is 0 Å². The molecule has 0 spiro atoms. The minimum Gasteiger partial charge on any atom is -0.306 e. The fourth-order valence-electron chi connectivity index (χ4n) is 2.19. The minimum atomic E-state index is -0.628. The SMILES string of the molecule is CCCNC(c1cncc(C)c1)c1cc(F)c(Cl)cc1F. The Balaban J connectivity index is 2.47. The summed E-state index contributed by atoms with van der Waals surface area (Å²) in [4.78, 5) is 4.13. The summed E-state index contributed by atoms with van der Waals surface area (Å²) in [6.07, 6.45) is 4.26. The Morgan fingerprint density at radius 1 is 1.19 bits per heavy atom. The second-order valence-electron chi connectivity index (χ2n) is 4.97. The maximum atomic E-state index is 14.2. The van der Waals surface area contributed by atoms with Gasteiger partial charge in [0.25, 0.3) is 0 Å². The molecule has 0 amide bonds. The predicted molar refractivity (Wildman–Crippen MR) is 80.5 cm³/mol. The molecule has 0 aliphatic carbocycles. The quantitative estimate of drug-likeness (QED) is 0.827. The number of hydrogen-bond donors (Lipinski definition) is 1. The van der Waals surface area contributed by atoms with Crippen molar-refractivity contribution in [3.8, 4) is 0 Å². The molecule has 0 aliphatic heterocycles. The topological polar surface area (TPSA) is 24.9 Å². The molecule has 1 aromatic carbocycles. The van der Waals surface area contributed by atoms with Crippen molar-refractivity contribution < 1.29 is 8.78 Å². The van der Waals surface area contributed by atoms with E-state index in [1.807, 2.05) is 19.9 Å². The number of halogens is 3. The number of benzene rings is 1. The average Bonchev–Trinajstić information content (AvgIpc) is 2.44. The average molecular weight is 311 g/mol. The molecule has 112 valence electrons. The maximum absolute atomic E-state index is 14.2. The van der Waals surface area contributed by atoms with Crippen LogP contribution in [0.25, 0.3) is 0 Å². The first-order chi connectivity index (χ1) is 10.0. The van der Waals surface area contributed by atoms with E-state index in [9.17, 15) is 8.78 Å². The van der Waals surface area contributed by atoms with Crippen molar-refractivity contribution in [1.82, 2.24) is 10.3 Å². The van der Waals surface area contributed by atoms with Crippen molar-refractivity contribution in [2.75, 3.05) is 6.54 Å². The van der Waals surface area contributed by atoms with E-state index in [2.05, 4.69) is 10.3 Å². The number of rotatable bonds is 5. The van der Waals surface area contributed by atoms with Gasteiger partial charge in [-0.05, 0) is 43.1 Å². The lowest BCUT2D eigenvalue weighted by Crippen LogP contribution is -2.24. The van der Waals surface area contributed by atoms with Gasteiger partial charge in [0.2, 0.25) is 0 Å². The summed E-state index contributed by atoms with van der Waals surface area (Å²) < 4.78 is 27.9. The van der Waals surface area contributed by atoms with Gasteiger partial charge in [-0.25, -0.2) is 8.78 Å². The first kappa shape index (κ1) is 15.9. The van der Waals surface area contributed by atoms with Crippen molar-refractivity contribution in [1.29, 1.82) is 0 Å². The molecular formula is C16H17ClF2N2. The van der Waals surface area contributed by atoms with E-state index < -0.39 is 17.7 Å². The third kappa shape index (κ3) is 3.77. The zero-order valence-electron chi connectivity index (χ0n) is 12.0. The van der Waals surface area contributed by atoms with Gasteiger partial charge < -0.3 is 5.32 Å². The number of pyridine rings is 1. The van der Waals surface area contributed by atoms with Crippen LogP contribution in [0.3, 0.4) is 0 Å². The van der Waals surface area contributed by atoms with Crippen molar-refractivity contribution >= 4 is 11.6 Å². The molecule has 0 saturated carbocycles. The second kappa shape index (κ2) is 6.96. The van der Waals surface area contributed by atoms with E-state index in [1.165, 1.54) is 0 Å². The molecule has 21 heavy (non-hydrogen) atoms. The van der Waals surface area contributed by atoms with Gasteiger partial charge in [-0.2, -0.15) is 0 Å². The lowest BCUT2D eigenvalue weighted by molar-refractivity contribution is 0.534. The van der Waals surface area contributed by atoms with Gasteiger partial charge in [0.15, 0.2) is 0 Å². The summed E-state index contributed by atoms with van der Waals surface area (Å²) in [7, 11) is 0. The van der Waals surface area contributed by atoms with Gasteiger partial charge in [0.05, 0.1) is 11.1 Å². The summed E-state index contributed by atoms with van der Waals surface area (Å²) in [6, 6.07) is 3.61. The smallest absolute Gasteiger partial charge is 0.142 e. The summed E-state index contributed by atoms with van der Waals surface area (Å²) in [5, 5.41) is 3.01. The van der Waals surface area contributed by atoms with Crippen LogP contribution in [0.1, 0.15) is 36.1 Å². The van der Waals surface area contributed by atoms with Crippen LogP contribution in [-0.4, -0.2) is 11.5 Å². The molecule has 0 saturated heterocycles. The molecule has 0 radical (unpaired) electrons. The summed E-state index contributed by atoms with van der Waals surface area (Å²) in [5.41, 5.74) is 1.99. The molecular weight excluding hydrogens is 294 g/mol. The zero-order valence-corrected chi connectivity index (χ0v) is 12.7. The highest BCUT2D eigenvalue weighted by molar-refractivity contribution is 6.30. The molecule has 1 N–H and O–H groups in total. The second-order valence-corrected chi connectivity index (χ2v) is 5.38. The molecule has 2 nitrogen and oxygen atoms in total. The van der Waals surface area contributed by atoms with Crippen molar-refractivity contribution in [2.45, 2.75) is 26.3 Å². The lowest BCUT2D eigenvalue weighted by atomic mass is 9.98. The van der Waals surface area contributed by atoms with Crippen molar-refractivity contribution in [3.63, 3.8) is 0 Å². The largest absolute Gasteiger partial charge is 0.306 e. The van der Waals surface area contributed by atoms with Crippen LogP contribution >= 0.6 is 11.6 Å². The van der Waals surface area contributed by atoms with Gasteiger partial charge in [-0.15, -0.1) is 0 Å². The minimum absolute atomic E-state index is 0.215. The summed E-state index contributed by atoms with van der Waals surface area (Å²) in [5.74, 6) is -1.16. The van der Waals surface area contributed by atoms with E-state index in [4.69, 9.17) is 11.6 Å². The summed E-state index contributed by atoms with van der Waals surface area (Å²) >= 11 is 5.62. The molecule has 2 aromatic rings. The normalized spacial score (nSPS) is 12.4. The Hall–Kier alpha value is -1.52. The highest BCUT2D eigenvalue weighted by Gasteiger charge is 2.20. The Morgan fingerprint density at radius 2 is 1.95 bits per heavy atom. The highest BCUT2D eigenvalue weighted by atomic mass is 35.5. The molecule has 0 fully saturated rings. The molecule has 0 aliphatic rings. The first-order valence-corrected chi connectivity index (χ1v) is 7.20. The van der Waals surface area contributed by atoms with Crippen LogP contribution in [0.4, 0.5) is 8.78 Å². The van der Waals surface area contributed by atoms with E-state index in [0.717, 1.165) is 29.7 Å². The molecule has 5 heteroatoms. The van der Waals surface area contributed by atoms with Gasteiger partial charge in [0.1, 0.15) is 11.6 Å². The molecule has 2 rings (SSSR count). The first-order valence-electron chi connectivity index (χ1n) is 6.82. The highest BCUT2D eigenvalue weighted by Crippen LogP contribution is 2.28. The van der Waals surface area contributed by atoms with Gasteiger partial charge in [-0.1, -0.05) is 24.6 Å². The molecule has 1 atom stereocenters. The van der Waals surface area contributed by atoms with Crippen molar-refractivity contribution in [3.05, 3.63) is 63.9 Å². The monoisotopic (exact) mass is 310 g/mol. The van der Waals surface area contributed by atoms with Crippen LogP contribution in [0.2, 0.25) is 5.02 Å². The van der Waals surface area contributed by atoms with Crippen LogP contribution in [0, 0.1) is 18.6 Å². The van der Waals surface area contributed by atoms with Gasteiger partial charge in [-0.3, -0.25) is 4.98 Å². The number of nitrogens with one attached hydrogen (secondary N) is 1. The molecule has 1 aromatic heterocycles. The molecule has 1 heterocycles. The van der Waals surface area contributed by atoms with E-state index in [1.54, 1.807) is 12.4 Å². The van der Waals surface area contributed by atoms with Gasteiger partial charge in [0, 0.05) is 18.0 Å².